The van der Waals surface area contributed by atoms with Crippen molar-refractivity contribution in [3.63, 3.8) is 0 Å². The van der Waals surface area contributed by atoms with Gasteiger partial charge in [0.25, 0.3) is 0 Å². The fraction of sp³-hybridized carbons (Fsp3) is 0.379. The molecule has 0 unspecified atom stereocenters. The molecule has 3 aliphatic rings. The van der Waals surface area contributed by atoms with Crippen LogP contribution in [0.2, 0.25) is 0 Å². The van der Waals surface area contributed by atoms with Gasteiger partial charge in [0.2, 0.25) is 0 Å². The van der Waals surface area contributed by atoms with E-state index in [9.17, 15) is 0 Å². The number of benzene rings is 3. The first-order valence-electron chi connectivity index (χ1n) is 11.9. The van der Waals surface area contributed by atoms with Gasteiger partial charge in [-0.05, 0) is 107 Å². The first-order chi connectivity index (χ1) is 15.0. The first-order valence-corrected chi connectivity index (χ1v) is 11.9. The molecule has 0 aromatic heterocycles. The van der Waals surface area contributed by atoms with Crippen molar-refractivity contribution in [1.82, 2.24) is 0 Å². The van der Waals surface area contributed by atoms with Crippen LogP contribution in [0.5, 0.6) is 0 Å². The van der Waals surface area contributed by atoms with Crippen LogP contribution in [0.1, 0.15) is 69.5 Å². The van der Waals surface area contributed by atoms with Crippen LogP contribution in [-0.2, 0) is 38.8 Å². The summed E-state index contributed by atoms with van der Waals surface area (Å²) < 4.78 is 0. The minimum atomic E-state index is 1.02. The largest absolute Gasteiger partial charge is 0.349 e. The lowest BCUT2D eigenvalue weighted by atomic mass is 9.82. The lowest BCUT2D eigenvalue weighted by molar-refractivity contribution is 0.647. The molecule has 0 amide bonds. The van der Waals surface area contributed by atoms with E-state index in [0.29, 0.717) is 0 Å². The van der Waals surface area contributed by atoms with Gasteiger partial charge >= 0.3 is 0 Å². The van der Waals surface area contributed by atoms with Crippen molar-refractivity contribution in [2.45, 2.75) is 66.5 Å². The molecule has 2 aliphatic heterocycles. The molecule has 3 aromatic carbocycles. The van der Waals surface area contributed by atoms with Crippen molar-refractivity contribution in [1.29, 1.82) is 0 Å². The highest BCUT2D eigenvalue weighted by Gasteiger charge is 2.31. The van der Waals surface area contributed by atoms with E-state index in [1.807, 2.05) is 0 Å². The predicted molar refractivity (Wildman–Crippen MR) is 130 cm³/mol. The van der Waals surface area contributed by atoms with Crippen molar-refractivity contribution >= 4 is 11.4 Å². The van der Waals surface area contributed by atoms with Crippen LogP contribution in [-0.4, -0.2) is 6.67 Å². The molecule has 2 bridgehead atoms. The zero-order valence-corrected chi connectivity index (χ0v) is 19.3. The summed E-state index contributed by atoms with van der Waals surface area (Å²) in [4.78, 5) is 5.19. The number of anilines is 2. The van der Waals surface area contributed by atoms with E-state index >= 15 is 0 Å². The molecule has 2 heteroatoms. The Hall–Kier alpha value is -2.74. The van der Waals surface area contributed by atoms with Crippen molar-refractivity contribution in [2.75, 3.05) is 16.5 Å². The Bertz CT molecular complexity index is 1220. The van der Waals surface area contributed by atoms with Crippen LogP contribution in [0.4, 0.5) is 11.4 Å². The zero-order chi connectivity index (χ0) is 21.3. The van der Waals surface area contributed by atoms with Gasteiger partial charge in [-0.2, -0.15) is 0 Å². The smallest absolute Gasteiger partial charge is 0.0910 e. The van der Waals surface area contributed by atoms with Gasteiger partial charge in [0.1, 0.15) is 0 Å². The Morgan fingerprint density at radius 3 is 1.68 bits per heavy atom. The molecule has 3 aromatic rings. The third-order valence-electron chi connectivity index (χ3n) is 7.89. The zero-order valence-electron chi connectivity index (χ0n) is 19.3. The lowest BCUT2D eigenvalue weighted by Crippen LogP contribution is -2.46. The molecular formula is C29H32N2. The van der Waals surface area contributed by atoms with Gasteiger partial charge in [-0.1, -0.05) is 38.1 Å². The van der Waals surface area contributed by atoms with Crippen LogP contribution in [0.3, 0.4) is 0 Å². The second-order valence-electron chi connectivity index (χ2n) is 9.80. The van der Waals surface area contributed by atoms with Gasteiger partial charge in [-0.3, -0.25) is 0 Å². The molecule has 1 aliphatic carbocycles. The van der Waals surface area contributed by atoms with E-state index < -0.39 is 0 Å². The van der Waals surface area contributed by atoms with Crippen molar-refractivity contribution in [3.8, 4) is 0 Å². The van der Waals surface area contributed by atoms with Crippen molar-refractivity contribution in [2.24, 2.45) is 0 Å². The summed E-state index contributed by atoms with van der Waals surface area (Å²) in [6.45, 7) is 12.1. The van der Waals surface area contributed by atoms with Gasteiger partial charge in [0, 0.05) is 24.5 Å². The van der Waals surface area contributed by atoms with Crippen LogP contribution >= 0.6 is 0 Å². The van der Waals surface area contributed by atoms with E-state index in [1.54, 1.807) is 0 Å². The van der Waals surface area contributed by atoms with Gasteiger partial charge in [-0.15, -0.1) is 0 Å². The molecule has 0 atom stereocenters. The normalized spacial score (nSPS) is 15.9. The number of nitrogens with zero attached hydrogens (tertiary/aromatic N) is 2. The van der Waals surface area contributed by atoms with Crippen LogP contribution in [0.15, 0.2) is 36.4 Å². The SMILES string of the molecule is CCc1cc2c(cc1CC)N1Cc3cc4c(cc3N(C2)C1)Cc1cc(C)c(C)cc1C4. The minimum absolute atomic E-state index is 1.02. The lowest BCUT2D eigenvalue weighted by Gasteiger charge is -2.45. The van der Waals surface area contributed by atoms with Gasteiger partial charge < -0.3 is 9.80 Å². The monoisotopic (exact) mass is 408 g/mol. The van der Waals surface area contributed by atoms with Crippen LogP contribution in [0, 0.1) is 13.8 Å². The minimum Gasteiger partial charge on any atom is -0.349 e. The number of aryl methyl sites for hydroxylation is 4. The molecule has 0 spiro atoms. The van der Waals surface area contributed by atoms with E-state index in [2.05, 4.69) is 73.9 Å². The van der Waals surface area contributed by atoms with E-state index in [1.165, 1.54) is 67.0 Å². The fourth-order valence-electron chi connectivity index (χ4n) is 6.00. The Kier molecular flexibility index (Phi) is 4.21. The summed E-state index contributed by atoms with van der Waals surface area (Å²) >= 11 is 0. The Morgan fingerprint density at radius 1 is 0.581 bits per heavy atom. The molecule has 6 rings (SSSR count). The summed E-state index contributed by atoms with van der Waals surface area (Å²) in [5, 5.41) is 0. The number of hydrogen-bond donors (Lipinski definition) is 0. The molecule has 0 saturated heterocycles. The summed E-state index contributed by atoms with van der Waals surface area (Å²) in [6.07, 6.45) is 4.40. The van der Waals surface area contributed by atoms with Crippen LogP contribution < -0.4 is 9.80 Å². The highest BCUT2D eigenvalue weighted by Crippen LogP contribution is 2.42. The van der Waals surface area contributed by atoms with Crippen molar-refractivity contribution < 1.29 is 0 Å². The molecule has 2 heterocycles. The maximum Gasteiger partial charge on any atom is 0.0910 e. The summed E-state index contributed by atoms with van der Waals surface area (Å²) in [6, 6.07) is 14.8. The molecular weight excluding hydrogens is 376 g/mol. The highest BCUT2D eigenvalue weighted by atomic mass is 15.4. The van der Waals surface area contributed by atoms with Crippen molar-refractivity contribution in [3.05, 3.63) is 92.0 Å². The Labute approximate surface area is 186 Å². The number of rotatable bonds is 2. The summed E-state index contributed by atoms with van der Waals surface area (Å²) in [7, 11) is 0. The van der Waals surface area contributed by atoms with E-state index in [4.69, 9.17) is 0 Å². The third-order valence-corrected chi connectivity index (χ3v) is 7.89. The predicted octanol–water partition coefficient (Wildman–Crippen LogP) is 6.22. The molecule has 2 nitrogen and oxygen atoms in total. The summed E-state index contributed by atoms with van der Waals surface area (Å²) in [5.74, 6) is 0. The molecule has 0 N–H and O–H groups in total. The maximum absolute atomic E-state index is 2.60. The van der Waals surface area contributed by atoms with Gasteiger partial charge in [-0.25, -0.2) is 0 Å². The Balaban J connectivity index is 1.40. The Morgan fingerprint density at radius 2 is 1.06 bits per heavy atom. The molecule has 0 radical (unpaired) electrons. The second kappa shape index (κ2) is 6.88. The number of fused-ring (bicyclic) bond motifs is 8. The third kappa shape index (κ3) is 2.91. The van der Waals surface area contributed by atoms with Gasteiger partial charge in [0.15, 0.2) is 0 Å². The topological polar surface area (TPSA) is 6.48 Å². The first kappa shape index (κ1) is 19.0. The average Bonchev–Trinajstić information content (AvgIpc) is 2.77. The van der Waals surface area contributed by atoms with E-state index in [-0.39, 0.29) is 0 Å². The quantitative estimate of drug-likeness (QED) is 0.388. The molecule has 0 saturated carbocycles. The van der Waals surface area contributed by atoms with Gasteiger partial charge in [0.05, 0.1) is 6.67 Å². The molecule has 31 heavy (non-hydrogen) atoms. The highest BCUT2D eigenvalue weighted by molar-refractivity contribution is 5.70. The maximum atomic E-state index is 2.60. The fourth-order valence-corrected chi connectivity index (χ4v) is 6.00. The van der Waals surface area contributed by atoms with Crippen LogP contribution in [0.25, 0.3) is 0 Å². The number of hydrogen-bond acceptors (Lipinski definition) is 2. The second-order valence-corrected chi connectivity index (χ2v) is 9.80. The van der Waals surface area contributed by atoms with E-state index in [0.717, 1.165) is 45.4 Å². The standard InChI is InChI=1S/C29H32N2/c1-5-20-9-26-15-31-17-30(28(26)13-21(20)6-2)16-27-12-24-10-22-7-18(3)19(4)8-23(22)11-25(24)14-29(27)31/h7-9,12-14H,5-6,10-11,15-17H2,1-4H3. The average molecular weight is 409 g/mol. The molecule has 0 fully saturated rings. The summed E-state index contributed by atoms with van der Waals surface area (Å²) in [5.41, 5.74) is 17.9. The molecule has 158 valence electrons.